The molecule has 11 heteroatoms. The van der Waals surface area contributed by atoms with Gasteiger partial charge in [-0.25, -0.2) is 18.6 Å². The van der Waals surface area contributed by atoms with Crippen molar-refractivity contribution >= 4 is 41.2 Å². The number of benzene rings is 2. The SMILES string of the molecule is CC(C)(C)OC(=O)NC1=N[C@](C)(c2cccc(-c3cccc(Cl)c3)c2Cl)CC(=O)N1[C@@H]1CCC(F)(F)[C@@H](O)C1. The molecule has 2 aromatic carbocycles. The third-order valence-electron chi connectivity index (χ3n) is 6.83. The van der Waals surface area contributed by atoms with Gasteiger partial charge in [-0.05, 0) is 57.4 Å². The molecule has 1 heterocycles. The summed E-state index contributed by atoms with van der Waals surface area (Å²) in [4.78, 5) is 32.4. The summed E-state index contributed by atoms with van der Waals surface area (Å²) in [6, 6.07) is 11.7. The number of halogens is 4. The van der Waals surface area contributed by atoms with E-state index >= 15 is 0 Å². The Morgan fingerprint density at radius 2 is 1.90 bits per heavy atom. The molecule has 3 atom stereocenters. The molecular weight excluding hydrogens is 551 g/mol. The van der Waals surface area contributed by atoms with Crippen LogP contribution in [0, 0.1) is 0 Å². The van der Waals surface area contributed by atoms with Crippen molar-refractivity contribution < 1.29 is 28.2 Å². The number of hydrogen-bond donors (Lipinski definition) is 2. The number of nitrogens with one attached hydrogen (secondary N) is 1. The Morgan fingerprint density at radius 3 is 2.54 bits per heavy atom. The molecule has 1 fully saturated rings. The molecular formula is C28H31Cl2F2N3O4. The second kappa shape index (κ2) is 10.7. The van der Waals surface area contributed by atoms with E-state index in [2.05, 4.69) is 5.32 Å². The zero-order chi connectivity index (χ0) is 28.8. The van der Waals surface area contributed by atoms with Crippen LogP contribution in [0.25, 0.3) is 11.1 Å². The molecule has 0 saturated heterocycles. The van der Waals surface area contributed by atoms with Gasteiger partial charge in [0.05, 0.1) is 17.0 Å². The molecule has 2 amide bonds. The molecule has 0 aromatic heterocycles. The molecule has 0 spiro atoms. The smallest absolute Gasteiger partial charge is 0.414 e. The first-order chi connectivity index (χ1) is 18.1. The van der Waals surface area contributed by atoms with Crippen molar-refractivity contribution in [3.05, 3.63) is 58.1 Å². The van der Waals surface area contributed by atoms with Crippen LogP contribution in [0.2, 0.25) is 10.0 Å². The molecule has 7 nitrogen and oxygen atoms in total. The van der Waals surface area contributed by atoms with E-state index in [0.717, 1.165) is 5.56 Å². The Labute approximate surface area is 236 Å². The standard InChI is InChI=1S/C28H31Cl2F2N3O4/c1-26(2,3)39-25(38)33-24-34-27(4,15-22(37)35(24)18-11-12-28(31,32)21(36)14-18)20-10-6-9-19(23(20)30)16-7-5-8-17(29)13-16/h5-10,13,18,21,36H,11-12,14-15H2,1-4H3,(H,33,34,38)/t18-,21+,27+/m1/s1. The summed E-state index contributed by atoms with van der Waals surface area (Å²) in [5.74, 6) is -3.85. The van der Waals surface area contributed by atoms with Crippen molar-refractivity contribution in [3.63, 3.8) is 0 Å². The molecule has 1 aliphatic carbocycles. The number of guanidine groups is 1. The largest absolute Gasteiger partial charge is 0.444 e. The Bertz CT molecular complexity index is 1310. The highest BCUT2D eigenvalue weighted by atomic mass is 35.5. The molecule has 210 valence electrons. The number of carbonyl (C=O) groups excluding carboxylic acids is 2. The topological polar surface area (TPSA) is 91.2 Å². The monoisotopic (exact) mass is 581 g/mol. The third-order valence-corrected chi connectivity index (χ3v) is 7.47. The van der Waals surface area contributed by atoms with Crippen LogP contribution in [0.1, 0.15) is 58.9 Å². The predicted molar refractivity (Wildman–Crippen MR) is 146 cm³/mol. The molecule has 2 N–H and O–H groups in total. The van der Waals surface area contributed by atoms with Crippen LogP contribution in [0.15, 0.2) is 47.5 Å². The minimum atomic E-state index is -3.26. The van der Waals surface area contributed by atoms with Gasteiger partial charge in [0, 0.05) is 29.5 Å². The van der Waals surface area contributed by atoms with Gasteiger partial charge < -0.3 is 9.84 Å². The van der Waals surface area contributed by atoms with E-state index in [0.29, 0.717) is 21.2 Å². The molecule has 2 aliphatic rings. The molecule has 4 rings (SSSR count). The van der Waals surface area contributed by atoms with Gasteiger partial charge in [-0.2, -0.15) is 0 Å². The maximum absolute atomic E-state index is 14.0. The Balaban J connectivity index is 1.77. The lowest BCUT2D eigenvalue weighted by atomic mass is 9.84. The number of amides is 2. The first-order valence-corrected chi connectivity index (χ1v) is 13.4. The highest BCUT2D eigenvalue weighted by Gasteiger charge is 2.49. The van der Waals surface area contributed by atoms with E-state index in [-0.39, 0.29) is 25.2 Å². The van der Waals surface area contributed by atoms with Gasteiger partial charge in [-0.3, -0.25) is 15.0 Å². The van der Waals surface area contributed by atoms with Crippen LogP contribution >= 0.6 is 23.2 Å². The van der Waals surface area contributed by atoms with E-state index in [4.69, 9.17) is 32.9 Å². The third kappa shape index (κ3) is 6.36. The first-order valence-electron chi connectivity index (χ1n) is 12.6. The molecule has 1 aliphatic heterocycles. The quantitative estimate of drug-likeness (QED) is 0.430. The summed E-state index contributed by atoms with van der Waals surface area (Å²) in [6.45, 7) is 6.76. The molecule has 2 aromatic rings. The average molecular weight is 582 g/mol. The maximum Gasteiger partial charge on any atom is 0.414 e. The van der Waals surface area contributed by atoms with E-state index < -0.39 is 47.6 Å². The number of hydrogen-bond acceptors (Lipinski definition) is 5. The summed E-state index contributed by atoms with van der Waals surface area (Å²) in [5.41, 5.74) is -0.0545. The van der Waals surface area contributed by atoms with Gasteiger partial charge in [0.1, 0.15) is 11.7 Å². The summed E-state index contributed by atoms with van der Waals surface area (Å²) < 4.78 is 33.4. The second-order valence-electron chi connectivity index (χ2n) is 11.2. The number of aliphatic hydroxyl groups is 1. The van der Waals surface area contributed by atoms with Crippen LogP contribution in [-0.2, 0) is 15.1 Å². The van der Waals surface area contributed by atoms with E-state index in [1.807, 2.05) is 12.1 Å². The molecule has 39 heavy (non-hydrogen) atoms. The summed E-state index contributed by atoms with van der Waals surface area (Å²) in [5, 5.41) is 13.5. The Kier molecular flexibility index (Phi) is 8.00. The highest BCUT2D eigenvalue weighted by molar-refractivity contribution is 6.34. The Hall–Kier alpha value is -2.75. The lowest BCUT2D eigenvalue weighted by molar-refractivity contribution is -0.151. The highest BCUT2D eigenvalue weighted by Crippen LogP contribution is 2.43. The van der Waals surface area contributed by atoms with Crippen molar-refractivity contribution in [3.8, 4) is 11.1 Å². The van der Waals surface area contributed by atoms with Crippen molar-refractivity contribution in [1.29, 1.82) is 0 Å². The second-order valence-corrected chi connectivity index (χ2v) is 12.0. The number of nitrogens with zero attached hydrogens (tertiary/aromatic N) is 2. The van der Waals surface area contributed by atoms with Crippen LogP contribution in [0.5, 0.6) is 0 Å². The average Bonchev–Trinajstić information content (AvgIpc) is 2.80. The lowest BCUT2D eigenvalue weighted by Gasteiger charge is -2.43. The first kappa shape index (κ1) is 29.2. The minimum Gasteiger partial charge on any atom is -0.444 e. The van der Waals surface area contributed by atoms with Gasteiger partial charge in [0.25, 0.3) is 5.92 Å². The zero-order valence-electron chi connectivity index (χ0n) is 22.1. The van der Waals surface area contributed by atoms with E-state index in [1.165, 1.54) is 4.90 Å². The van der Waals surface area contributed by atoms with Crippen molar-refractivity contribution in [2.75, 3.05) is 0 Å². The van der Waals surface area contributed by atoms with Crippen LogP contribution < -0.4 is 5.32 Å². The van der Waals surface area contributed by atoms with Crippen LogP contribution in [-0.4, -0.2) is 51.6 Å². The number of alkyl halides is 2. The minimum absolute atomic E-state index is 0.0768. The van der Waals surface area contributed by atoms with Gasteiger partial charge in [-0.15, -0.1) is 0 Å². The Morgan fingerprint density at radius 1 is 1.21 bits per heavy atom. The van der Waals surface area contributed by atoms with E-state index in [1.54, 1.807) is 58.0 Å². The normalized spacial score (nSPS) is 25.2. The number of aliphatic hydroxyl groups excluding tert-OH is 1. The summed E-state index contributed by atoms with van der Waals surface area (Å²) in [7, 11) is 0. The molecule has 1 saturated carbocycles. The van der Waals surface area contributed by atoms with E-state index in [9.17, 15) is 23.5 Å². The molecule has 0 unspecified atom stereocenters. The number of carbonyl (C=O) groups is 2. The van der Waals surface area contributed by atoms with Crippen LogP contribution in [0.3, 0.4) is 0 Å². The number of ether oxygens (including phenoxy) is 1. The summed E-state index contributed by atoms with van der Waals surface area (Å²) in [6.07, 6.45) is -3.98. The predicted octanol–water partition coefficient (Wildman–Crippen LogP) is 6.54. The lowest BCUT2D eigenvalue weighted by Crippen LogP contribution is -2.59. The zero-order valence-corrected chi connectivity index (χ0v) is 23.6. The number of alkyl carbamates (subject to hydrolysis) is 1. The fourth-order valence-electron chi connectivity index (χ4n) is 4.98. The van der Waals surface area contributed by atoms with Gasteiger partial charge in [0.15, 0.2) is 0 Å². The number of rotatable bonds is 3. The molecule has 0 bridgehead atoms. The fourth-order valence-corrected chi connectivity index (χ4v) is 5.60. The fraction of sp³-hybridized carbons (Fsp3) is 0.464. The van der Waals surface area contributed by atoms with Crippen molar-refractivity contribution in [1.82, 2.24) is 10.2 Å². The van der Waals surface area contributed by atoms with Gasteiger partial charge in [0.2, 0.25) is 11.9 Å². The van der Waals surface area contributed by atoms with Gasteiger partial charge in [-0.1, -0.05) is 53.5 Å². The van der Waals surface area contributed by atoms with Crippen LogP contribution in [0.4, 0.5) is 13.6 Å². The van der Waals surface area contributed by atoms with Crippen molar-refractivity contribution in [2.45, 2.75) is 82.6 Å². The van der Waals surface area contributed by atoms with Gasteiger partial charge >= 0.3 is 6.09 Å². The summed E-state index contributed by atoms with van der Waals surface area (Å²) >= 11 is 13.1. The maximum atomic E-state index is 14.0. The number of aliphatic imine (C=N–C) groups is 1. The molecule has 0 radical (unpaired) electrons. The van der Waals surface area contributed by atoms with Crippen molar-refractivity contribution in [2.24, 2.45) is 4.99 Å².